The Balaban J connectivity index is 1.77. The van der Waals surface area contributed by atoms with E-state index < -0.39 is 10.0 Å². The first kappa shape index (κ1) is 13.9. The van der Waals surface area contributed by atoms with Crippen molar-refractivity contribution in [3.63, 3.8) is 0 Å². The van der Waals surface area contributed by atoms with Gasteiger partial charge in [-0.25, -0.2) is 12.7 Å². The van der Waals surface area contributed by atoms with Gasteiger partial charge in [0.1, 0.15) is 0 Å². The van der Waals surface area contributed by atoms with Crippen molar-refractivity contribution >= 4 is 21.4 Å². The van der Waals surface area contributed by atoms with E-state index in [-0.39, 0.29) is 5.75 Å². The maximum atomic E-state index is 11.7. The quantitative estimate of drug-likeness (QED) is 0.880. The van der Waals surface area contributed by atoms with Crippen molar-refractivity contribution in [1.29, 1.82) is 0 Å². The summed E-state index contributed by atoms with van der Waals surface area (Å²) in [5, 5.41) is 3.46. The van der Waals surface area contributed by atoms with E-state index in [1.807, 2.05) is 11.7 Å². The van der Waals surface area contributed by atoms with E-state index in [4.69, 9.17) is 0 Å². The first-order valence-corrected chi connectivity index (χ1v) is 8.69. The highest BCUT2D eigenvalue weighted by molar-refractivity contribution is 7.89. The van der Waals surface area contributed by atoms with E-state index in [9.17, 15) is 8.42 Å². The summed E-state index contributed by atoms with van der Waals surface area (Å²) in [6, 6.07) is 0.412. The molecule has 0 radical (unpaired) electrons. The zero-order valence-electron chi connectivity index (χ0n) is 10.5. The summed E-state index contributed by atoms with van der Waals surface area (Å²) in [6.45, 7) is 3.80. The Morgan fingerprint density at radius 1 is 1.50 bits per heavy atom. The molecule has 1 aliphatic heterocycles. The normalized spacial score (nSPS) is 19.2. The van der Waals surface area contributed by atoms with Crippen LogP contribution >= 0.6 is 11.3 Å². The average molecular weight is 289 g/mol. The molecule has 0 aromatic carbocycles. The van der Waals surface area contributed by atoms with Gasteiger partial charge in [0, 0.05) is 36.8 Å². The molecule has 1 saturated heterocycles. The van der Waals surface area contributed by atoms with Crippen LogP contribution in [0.15, 0.2) is 11.7 Å². The average Bonchev–Trinajstić information content (AvgIpc) is 2.90. The summed E-state index contributed by atoms with van der Waals surface area (Å²) in [4.78, 5) is 5.25. The van der Waals surface area contributed by atoms with Crippen molar-refractivity contribution in [2.45, 2.75) is 32.4 Å². The molecule has 5 nitrogen and oxygen atoms in total. The summed E-state index contributed by atoms with van der Waals surface area (Å²) in [5.74, 6) is 0.200. The molecule has 18 heavy (non-hydrogen) atoms. The zero-order chi connectivity index (χ0) is 13.0. The Morgan fingerprint density at radius 2 is 2.22 bits per heavy atom. The van der Waals surface area contributed by atoms with Crippen molar-refractivity contribution in [3.8, 4) is 0 Å². The third kappa shape index (κ3) is 3.50. The van der Waals surface area contributed by atoms with Crippen LogP contribution in [0.3, 0.4) is 0 Å². The molecule has 1 aliphatic rings. The van der Waals surface area contributed by atoms with Crippen molar-refractivity contribution in [1.82, 2.24) is 14.6 Å². The van der Waals surface area contributed by atoms with Gasteiger partial charge in [-0.3, -0.25) is 4.98 Å². The van der Waals surface area contributed by atoms with E-state index in [1.165, 1.54) is 4.88 Å². The topological polar surface area (TPSA) is 62.3 Å². The smallest absolute Gasteiger partial charge is 0.213 e. The highest BCUT2D eigenvalue weighted by Crippen LogP contribution is 2.15. The molecule has 0 saturated carbocycles. The summed E-state index contributed by atoms with van der Waals surface area (Å²) in [7, 11) is -3.01. The minimum Gasteiger partial charge on any atom is -0.309 e. The number of piperidine rings is 1. The molecule has 2 rings (SSSR count). The van der Waals surface area contributed by atoms with Crippen LogP contribution in [0.2, 0.25) is 0 Å². The van der Waals surface area contributed by atoms with Gasteiger partial charge in [0.25, 0.3) is 0 Å². The van der Waals surface area contributed by atoms with E-state index >= 15 is 0 Å². The maximum Gasteiger partial charge on any atom is 0.213 e. The fourth-order valence-electron chi connectivity index (χ4n) is 2.10. The van der Waals surface area contributed by atoms with Crippen molar-refractivity contribution in [2.24, 2.45) is 0 Å². The molecule has 0 amide bonds. The lowest BCUT2D eigenvalue weighted by molar-refractivity contribution is 0.289. The van der Waals surface area contributed by atoms with Crippen molar-refractivity contribution in [3.05, 3.63) is 16.6 Å². The predicted molar refractivity (Wildman–Crippen MR) is 73.0 cm³/mol. The molecule has 1 aromatic rings. The number of aromatic nitrogens is 1. The lowest BCUT2D eigenvalue weighted by Gasteiger charge is -2.31. The molecule has 7 heteroatoms. The van der Waals surface area contributed by atoms with Gasteiger partial charge in [-0.05, 0) is 19.8 Å². The van der Waals surface area contributed by atoms with Crippen LogP contribution in [0.25, 0.3) is 0 Å². The second-order valence-corrected chi connectivity index (χ2v) is 7.65. The molecule has 1 N–H and O–H groups in total. The number of hydrogen-bond acceptors (Lipinski definition) is 5. The van der Waals surface area contributed by atoms with Crippen LogP contribution in [-0.2, 0) is 16.6 Å². The predicted octanol–water partition coefficient (Wildman–Crippen LogP) is 1.05. The van der Waals surface area contributed by atoms with E-state index in [1.54, 1.807) is 22.6 Å². The number of thiazole rings is 1. The minimum absolute atomic E-state index is 0.200. The van der Waals surface area contributed by atoms with Crippen LogP contribution in [-0.4, -0.2) is 42.6 Å². The third-order valence-electron chi connectivity index (χ3n) is 3.26. The number of sulfonamides is 1. The summed E-state index contributed by atoms with van der Waals surface area (Å²) >= 11 is 1.64. The third-order valence-corrected chi connectivity index (χ3v) is 5.92. The minimum atomic E-state index is -3.01. The second kappa shape index (κ2) is 6.10. The molecule has 0 atom stereocenters. The molecule has 0 bridgehead atoms. The number of nitrogens with one attached hydrogen (secondary N) is 1. The molecule has 0 spiro atoms. The Hall–Kier alpha value is -0.500. The lowest BCUT2D eigenvalue weighted by Crippen LogP contribution is -2.45. The second-order valence-electron chi connectivity index (χ2n) is 4.42. The Kier molecular flexibility index (Phi) is 4.71. The first-order valence-electron chi connectivity index (χ1n) is 6.20. The van der Waals surface area contributed by atoms with Crippen LogP contribution in [0.4, 0.5) is 0 Å². The summed E-state index contributed by atoms with van der Waals surface area (Å²) < 4.78 is 25.0. The van der Waals surface area contributed by atoms with Crippen molar-refractivity contribution in [2.75, 3.05) is 18.8 Å². The Bertz CT molecular complexity index is 451. The molecular weight excluding hydrogens is 270 g/mol. The number of hydrogen-bond donors (Lipinski definition) is 1. The maximum absolute atomic E-state index is 11.7. The molecule has 1 fully saturated rings. The lowest BCUT2D eigenvalue weighted by atomic mass is 10.1. The fourth-order valence-corrected chi connectivity index (χ4v) is 3.77. The highest BCUT2D eigenvalue weighted by atomic mass is 32.2. The number of nitrogens with zero attached hydrogens (tertiary/aromatic N) is 2. The number of rotatable bonds is 5. The van der Waals surface area contributed by atoms with E-state index in [2.05, 4.69) is 10.3 Å². The first-order chi connectivity index (χ1) is 8.62. The SMILES string of the molecule is CCS(=O)(=O)N1CCC(NCc2cncs2)CC1. The Labute approximate surface area is 112 Å². The molecule has 1 aromatic heterocycles. The van der Waals surface area contributed by atoms with Gasteiger partial charge in [-0.15, -0.1) is 11.3 Å². The largest absolute Gasteiger partial charge is 0.309 e. The van der Waals surface area contributed by atoms with Crippen LogP contribution in [0, 0.1) is 0 Å². The van der Waals surface area contributed by atoms with Gasteiger partial charge in [0.2, 0.25) is 10.0 Å². The van der Waals surface area contributed by atoms with E-state index in [0.29, 0.717) is 19.1 Å². The fraction of sp³-hybridized carbons (Fsp3) is 0.727. The van der Waals surface area contributed by atoms with Gasteiger partial charge < -0.3 is 5.32 Å². The van der Waals surface area contributed by atoms with Gasteiger partial charge >= 0.3 is 0 Å². The monoisotopic (exact) mass is 289 g/mol. The van der Waals surface area contributed by atoms with Crippen molar-refractivity contribution < 1.29 is 8.42 Å². The molecular formula is C11H19N3O2S2. The molecule has 2 heterocycles. The summed E-state index contributed by atoms with van der Waals surface area (Å²) in [6.07, 6.45) is 3.64. The zero-order valence-corrected chi connectivity index (χ0v) is 12.1. The van der Waals surface area contributed by atoms with E-state index in [0.717, 1.165) is 19.4 Å². The standard InChI is InChI=1S/C11H19N3O2S2/c1-2-18(15,16)14-5-3-10(4-6-14)13-8-11-7-12-9-17-11/h7,9-10,13H,2-6,8H2,1H3. The van der Waals surface area contributed by atoms with Gasteiger partial charge in [-0.1, -0.05) is 0 Å². The Morgan fingerprint density at radius 3 is 2.78 bits per heavy atom. The van der Waals surface area contributed by atoms with Crippen LogP contribution < -0.4 is 5.32 Å². The molecule has 0 unspecified atom stereocenters. The van der Waals surface area contributed by atoms with Gasteiger partial charge in [0.05, 0.1) is 11.3 Å². The van der Waals surface area contributed by atoms with Crippen LogP contribution in [0.1, 0.15) is 24.6 Å². The highest BCUT2D eigenvalue weighted by Gasteiger charge is 2.26. The molecule has 102 valence electrons. The molecule has 0 aliphatic carbocycles. The van der Waals surface area contributed by atoms with Gasteiger partial charge in [-0.2, -0.15) is 0 Å². The van der Waals surface area contributed by atoms with Crippen LogP contribution in [0.5, 0.6) is 0 Å². The summed E-state index contributed by atoms with van der Waals surface area (Å²) in [5.41, 5.74) is 1.83. The van der Waals surface area contributed by atoms with Gasteiger partial charge in [0.15, 0.2) is 0 Å².